The molecule has 0 unspecified atom stereocenters. The van der Waals surface area contributed by atoms with Crippen molar-refractivity contribution in [1.82, 2.24) is 9.47 Å². The van der Waals surface area contributed by atoms with Crippen molar-refractivity contribution in [1.29, 1.82) is 0 Å². The molecule has 162 valence electrons. The van der Waals surface area contributed by atoms with E-state index < -0.39 is 39.1 Å². The van der Waals surface area contributed by atoms with E-state index in [9.17, 15) is 22.8 Å². The first kappa shape index (κ1) is 22.4. The average molecular weight is 474 g/mol. The van der Waals surface area contributed by atoms with Gasteiger partial charge in [-0.05, 0) is 31.0 Å². The van der Waals surface area contributed by atoms with Crippen LogP contribution in [-0.4, -0.2) is 67.4 Å². The molecule has 9 nitrogen and oxygen atoms in total. The minimum atomic E-state index is -3.97. The lowest BCUT2D eigenvalue weighted by molar-refractivity contribution is -0.141. The molecule has 1 aliphatic heterocycles. The largest absolute Gasteiger partial charge is 0.468 e. The van der Waals surface area contributed by atoms with Crippen molar-refractivity contribution in [2.24, 2.45) is 4.99 Å². The number of ether oxygens (including phenoxy) is 1. The molecule has 2 heterocycles. The number of esters is 1. The van der Waals surface area contributed by atoms with Crippen LogP contribution < -0.4 is 4.80 Å². The van der Waals surface area contributed by atoms with Gasteiger partial charge in [0.1, 0.15) is 18.1 Å². The molecule has 1 fully saturated rings. The van der Waals surface area contributed by atoms with Crippen molar-refractivity contribution >= 4 is 60.8 Å². The van der Waals surface area contributed by atoms with Gasteiger partial charge in [-0.2, -0.15) is 4.99 Å². The normalized spacial score (nSPS) is 15.0. The molecule has 1 aliphatic rings. The monoisotopic (exact) mass is 473 g/mol. The number of hydrogen-bond acceptors (Lipinski definition) is 7. The summed E-state index contributed by atoms with van der Waals surface area (Å²) in [4.78, 5) is 41.8. The maximum atomic E-state index is 12.4. The Morgan fingerprint density at radius 3 is 2.57 bits per heavy atom. The standard InChI is InChI=1S/C18H20ClN3O6S2/c1-28-17(25)9-22-13-5-4-12(19)8-14(13)29-18(22)20-15(23)10-30(26,27)11-16(24)21-6-2-3-7-21/h4-5,8H,2-3,6-7,9-11H2,1H3. The Hall–Kier alpha value is -2.24. The molecular formula is C18H20ClN3O6S2. The fraction of sp³-hybridized carbons (Fsp3) is 0.444. The molecule has 30 heavy (non-hydrogen) atoms. The van der Waals surface area contributed by atoms with E-state index in [0.29, 0.717) is 28.3 Å². The first-order valence-corrected chi connectivity index (χ1v) is 12.1. The van der Waals surface area contributed by atoms with Gasteiger partial charge in [-0.3, -0.25) is 14.4 Å². The number of aromatic nitrogens is 1. The van der Waals surface area contributed by atoms with Crippen molar-refractivity contribution in [3.63, 3.8) is 0 Å². The number of methoxy groups -OCH3 is 1. The van der Waals surface area contributed by atoms with Crippen LogP contribution >= 0.6 is 22.9 Å². The highest BCUT2D eigenvalue weighted by Crippen LogP contribution is 2.22. The zero-order valence-corrected chi connectivity index (χ0v) is 18.6. The maximum absolute atomic E-state index is 12.4. The van der Waals surface area contributed by atoms with Crippen LogP contribution in [0.2, 0.25) is 5.02 Å². The van der Waals surface area contributed by atoms with Crippen molar-refractivity contribution in [3.05, 3.63) is 28.0 Å². The van der Waals surface area contributed by atoms with E-state index in [-0.39, 0.29) is 11.3 Å². The summed E-state index contributed by atoms with van der Waals surface area (Å²) in [7, 11) is -2.73. The highest BCUT2D eigenvalue weighted by molar-refractivity contribution is 7.92. The molecule has 2 amide bonds. The zero-order chi connectivity index (χ0) is 21.9. The van der Waals surface area contributed by atoms with Gasteiger partial charge in [0.25, 0.3) is 5.91 Å². The van der Waals surface area contributed by atoms with E-state index in [2.05, 4.69) is 9.73 Å². The van der Waals surface area contributed by atoms with Crippen LogP contribution in [0.25, 0.3) is 10.2 Å². The van der Waals surface area contributed by atoms with Gasteiger partial charge in [-0.25, -0.2) is 8.42 Å². The number of rotatable bonds is 6. The number of carbonyl (C=O) groups excluding carboxylic acids is 3. The molecule has 0 spiro atoms. The van der Waals surface area contributed by atoms with E-state index in [1.165, 1.54) is 16.6 Å². The summed E-state index contributed by atoms with van der Waals surface area (Å²) < 4.78 is 31.4. The molecule has 3 rings (SSSR count). The van der Waals surface area contributed by atoms with Crippen LogP contribution in [-0.2, 0) is 35.5 Å². The van der Waals surface area contributed by atoms with Crippen LogP contribution in [0.1, 0.15) is 12.8 Å². The van der Waals surface area contributed by atoms with E-state index in [0.717, 1.165) is 24.2 Å². The molecule has 0 N–H and O–H groups in total. The predicted molar refractivity (Wildman–Crippen MR) is 112 cm³/mol. The van der Waals surface area contributed by atoms with Gasteiger partial charge in [-0.1, -0.05) is 22.9 Å². The van der Waals surface area contributed by atoms with E-state index in [1.54, 1.807) is 18.2 Å². The fourth-order valence-electron chi connectivity index (χ4n) is 3.10. The third kappa shape index (κ3) is 5.46. The minimum absolute atomic E-state index is 0.142. The number of nitrogens with zero attached hydrogens (tertiary/aromatic N) is 3. The second kappa shape index (κ2) is 9.27. The lowest BCUT2D eigenvalue weighted by Crippen LogP contribution is -2.35. The quantitative estimate of drug-likeness (QED) is 0.578. The maximum Gasteiger partial charge on any atom is 0.325 e. The lowest BCUT2D eigenvalue weighted by Gasteiger charge is -2.14. The number of hydrogen-bond donors (Lipinski definition) is 0. The van der Waals surface area contributed by atoms with Gasteiger partial charge in [-0.15, -0.1) is 0 Å². The summed E-state index contributed by atoms with van der Waals surface area (Å²) in [6, 6.07) is 4.96. The number of halogens is 1. The molecule has 0 radical (unpaired) electrons. The average Bonchev–Trinajstić information content (AvgIpc) is 3.29. The second-order valence-electron chi connectivity index (χ2n) is 6.78. The molecule has 0 atom stereocenters. The van der Waals surface area contributed by atoms with Gasteiger partial charge in [0.05, 0.1) is 17.3 Å². The molecule has 0 aliphatic carbocycles. The van der Waals surface area contributed by atoms with Crippen molar-refractivity contribution in [3.8, 4) is 0 Å². The second-order valence-corrected chi connectivity index (χ2v) is 10.3. The van der Waals surface area contributed by atoms with E-state index >= 15 is 0 Å². The molecule has 0 saturated carbocycles. The Morgan fingerprint density at radius 1 is 1.20 bits per heavy atom. The predicted octanol–water partition coefficient (Wildman–Crippen LogP) is 0.994. The number of thiazole rings is 1. The molecule has 12 heteroatoms. The van der Waals surface area contributed by atoms with Crippen LogP contribution in [0.4, 0.5) is 0 Å². The van der Waals surface area contributed by atoms with Crippen LogP contribution in [0, 0.1) is 0 Å². The number of fused-ring (bicyclic) bond motifs is 1. The fourth-order valence-corrected chi connectivity index (χ4v) is 5.53. The smallest absolute Gasteiger partial charge is 0.325 e. The number of carbonyl (C=O) groups is 3. The molecule has 0 bridgehead atoms. The minimum Gasteiger partial charge on any atom is -0.468 e. The highest BCUT2D eigenvalue weighted by Gasteiger charge is 2.26. The van der Waals surface area contributed by atoms with Crippen LogP contribution in [0.15, 0.2) is 23.2 Å². The summed E-state index contributed by atoms with van der Waals surface area (Å²) >= 11 is 7.09. The molecule has 1 aromatic carbocycles. The lowest BCUT2D eigenvalue weighted by atomic mass is 10.3. The third-order valence-corrected chi connectivity index (χ3v) is 7.18. The van der Waals surface area contributed by atoms with E-state index in [1.807, 2.05) is 0 Å². The van der Waals surface area contributed by atoms with Gasteiger partial charge in [0.15, 0.2) is 14.6 Å². The highest BCUT2D eigenvalue weighted by atomic mass is 35.5. The topological polar surface area (TPSA) is 115 Å². The summed E-state index contributed by atoms with van der Waals surface area (Å²) in [5.41, 5.74) is 0.605. The van der Waals surface area contributed by atoms with Crippen LogP contribution in [0.5, 0.6) is 0 Å². The molecule has 1 saturated heterocycles. The number of sulfone groups is 1. The zero-order valence-electron chi connectivity index (χ0n) is 16.2. The SMILES string of the molecule is COC(=O)Cn1c(=NC(=O)CS(=O)(=O)CC(=O)N2CCCC2)sc2cc(Cl)ccc21. The van der Waals surface area contributed by atoms with E-state index in [4.69, 9.17) is 11.6 Å². The van der Waals surface area contributed by atoms with Crippen molar-refractivity contribution in [2.75, 3.05) is 31.7 Å². The first-order valence-electron chi connectivity index (χ1n) is 9.10. The van der Waals surface area contributed by atoms with Crippen LogP contribution in [0.3, 0.4) is 0 Å². The van der Waals surface area contributed by atoms with Gasteiger partial charge in [0.2, 0.25) is 5.91 Å². The van der Waals surface area contributed by atoms with Crippen molar-refractivity contribution < 1.29 is 27.5 Å². The molecule has 1 aromatic heterocycles. The summed E-state index contributed by atoms with van der Waals surface area (Å²) in [6.45, 7) is 0.861. The Morgan fingerprint density at radius 2 is 1.90 bits per heavy atom. The Labute approximate surface area is 181 Å². The third-order valence-electron chi connectivity index (χ3n) is 4.53. The molecule has 2 aromatic rings. The van der Waals surface area contributed by atoms with Crippen molar-refractivity contribution in [2.45, 2.75) is 19.4 Å². The Bertz CT molecular complexity index is 1160. The van der Waals surface area contributed by atoms with Gasteiger partial charge >= 0.3 is 5.97 Å². The van der Waals surface area contributed by atoms with Gasteiger partial charge in [0, 0.05) is 18.1 Å². The molecular weight excluding hydrogens is 454 g/mol. The number of benzene rings is 1. The summed E-state index contributed by atoms with van der Waals surface area (Å²) in [5, 5.41) is 0.467. The van der Waals surface area contributed by atoms with Gasteiger partial charge < -0.3 is 14.2 Å². The number of likely N-dealkylation sites (tertiary alicyclic amines) is 1. The first-order chi connectivity index (χ1) is 14.2. The Balaban J connectivity index is 1.85. The number of amides is 2. The summed E-state index contributed by atoms with van der Waals surface area (Å²) in [5.74, 6) is -3.58. The Kier molecular flexibility index (Phi) is 6.94. The summed E-state index contributed by atoms with van der Waals surface area (Å²) in [6.07, 6.45) is 1.69.